The maximum Gasteiger partial charge on any atom is 0.252 e. The number of hydrogen-bond donors (Lipinski definition) is 4. The van der Waals surface area contributed by atoms with Crippen LogP contribution in [0, 0.1) is 0 Å². The van der Waals surface area contributed by atoms with Crippen molar-refractivity contribution in [3.05, 3.63) is 18.2 Å². The summed E-state index contributed by atoms with van der Waals surface area (Å²) in [4.78, 5) is 17.7. The Bertz CT molecular complexity index is 293. The van der Waals surface area contributed by atoms with E-state index in [4.69, 9.17) is 17.2 Å². The van der Waals surface area contributed by atoms with Crippen LogP contribution in [0.1, 0.15) is 18.7 Å². The van der Waals surface area contributed by atoms with Crippen molar-refractivity contribution in [3.8, 4) is 0 Å². The van der Waals surface area contributed by atoms with Gasteiger partial charge < -0.3 is 22.2 Å². The monoisotopic (exact) mass is 197 g/mol. The molecule has 0 aliphatic carbocycles. The summed E-state index contributed by atoms with van der Waals surface area (Å²) in [6, 6.07) is 0. The molecule has 1 rings (SSSR count). The molecule has 0 unspecified atom stereocenters. The van der Waals surface area contributed by atoms with Crippen LogP contribution in [0.25, 0.3) is 0 Å². The maximum absolute atomic E-state index is 10.8. The lowest BCUT2D eigenvalue weighted by Crippen LogP contribution is -2.59. The fourth-order valence-corrected chi connectivity index (χ4v) is 1.11. The molecule has 0 atom stereocenters. The van der Waals surface area contributed by atoms with Crippen LogP contribution < -0.4 is 17.2 Å². The number of H-pyrrole nitrogens is 1. The second-order valence-corrected chi connectivity index (χ2v) is 3.29. The van der Waals surface area contributed by atoms with Gasteiger partial charge in [-0.1, -0.05) is 0 Å². The lowest BCUT2D eigenvalue weighted by atomic mass is 10.0. The fraction of sp³-hybridized carbons (Fsp3) is 0.500. The summed E-state index contributed by atoms with van der Waals surface area (Å²) in [5, 5.41) is 0. The minimum absolute atomic E-state index is 0.350. The maximum atomic E-state index is 10.8. The third-order valence-electron chi connectivity index (χ3n) is 2.02. The summed E-state index contributed by atoms with van der Waals surface area (Å²) < 4.78 is 0. The van der Waals surface area contributed by atoms with Gasteiger partial charge in [0.05, 0.1) is 0 Å². The minimum Gasteiger partial charge on any atom is -0.367 e. The molecule has 1 heterocycles. The molecule has 0 aliphatic rings. The highest BCUT2D eigenvalue weighted by Crippen LogP contribution is 2.05. The molecule has 14 heavy (non-hydrogen) atoms. The smallest absolute Gasteiger partial charge is 0.252 e. The number of nitrogens with one attached hydrogen (secondary N) is 1. The number of aromatic amines is 1. The zero-order valence-electron chi connectivity index (χ0n) is 7.86. The highest BCUT2D eigenvalue weighted by molar-refractivity contribution is 5.83. The Morgan fingerprint density at radius 1 is 1.57 bits per heavy atom. The van der Waals surface area contributed by atoms with E-state index in [-0.39, 0.29) is 0 Å². The molecule has 7 N–H and O–H groups in total. The van der Waals surface area contributed by atoms with Crippen molar-refractivity contribution < 1.29 is 4.79 Å². The van der Waals surface area contributed by atoms with Gasteiger partial charge in [-0.3, -0.25) is 4.79 Å². The van der Waals surface area contributed by atoms with Gasteiger partial charge in [0, 0.05) is 18.8 Å². The number of aromatic nitrogens is 2. The number of amides is 1. The second-order valence-electron chi connectivity index (χ2n) is 3.29. The van der Waals surface area contributed by atoms with E-state index in [1.54, 1.807) is 12.4 Å². The molecule has 0 saturated carbocycles. The average molecular weight is 197 g/mol. The van der Waals surface area contributed by atoms with Crippen LogP contribution in [0.2, 0.25) is 0 Å². The van der Waals surface area contributed by atoms with Gasteiger partial charge in [-0.2, -0.15) is 0 Å². The topological polar surface area (TPSA) is 124 Å². The highest BCUT2D eigenvalue weighted by atomic mass is 16.1. The van der Waals surface area contributed by atoms with Gasteiger partial charge in [0.25, 0.3) is 5.91 Å². The number of carbonyl (C=O) groups excluding carboxylic acids is 1. The van der Waals surface area contributed by atoms with E-state index in [1.165, 1.54) is 0 Å². The number of nitrogens with zero attached hydrogens (tertiary/aromatic N) is 1. The van der Waals surface area contributed by atoms with E-state index >= 15 is 0 Å². The lowest BCUT2D eigenvalue weighted by molar-refractivity contribution is -0.123. The lowest BCUT2D eigenvalue weighted by Gasteiger charge is -2.19. The van der Waals surface area contributed by atoms with Crippen LogP contribution in [-0.4, -0.2) is 21.5 Å². The summed E-state index contributed by atoms with van der Waals surface area (Å²) in [5.74, 6) is 0.169. The molecule has 78 valence electrons. The molecular formula is C8H15N5O. The van der Waals surface area contributed by atoms with Crippen LogP contribution >= 0.6 is 0 Å². The van der Waals surface area contributed by atoms with Crippen molar-refractivity contribution in [1.29, 1.82) is 0 Å². The quantitative estimate of drug-likeness (QED) is 0.444. The van der Waals surface area contributed by atoms with Gasteiger partial charge in [0.15, 0.2) is 0 Å². The third-order valence-corrected chi connectivity index (χ3v) is 2.02. The number of carbonyl (C=O) groups is 1. The van der Waals surface area contributed by atoms with Crippen molar-refractivity contribution in [3.63, 3.8) is 0 Å². The largest absolute Gasteiger partial charge is 0.367 e. The molecule has 0 aliphatic heterocycles. The van der Waals surface area contributed by atoms with E-state index in [0.717, 1.165) is 5.82 Å². The molecular weight excluding hydrogens is 182 g/mol. The molecule has 0 fully saturated rings. The number of aryl methyl sites for hydroxylation is 1. The average Bonchev–Trinajstić information content (AvgIpc) is 2.56. The first kappa shape index (κ1) is 10.7. The molecule has 0 spiro atoms. The van der Waals surface area contributed by atoms with Crippen LogP contribution in [0.4, 0.5) is 0 Å². The number of hydrogen-bond acceptors (Lipinski definition) is 4. The summed E-state index contributed by atoms with van der Waals surface area (Å²) >= 11 is 0. The first-order valence-corrected chi connectivity index (χ1v) is 4.38. The molecule has 0 aromatic carbocycles. The zero-order chi connectivity index (χ0) is 10.6. The Hall–Kier alpha value is -1.40. The van der Waals surface area contributed by atoms with E-state index in [2.05, 4.69) is 9.97 Å². The summed E-state index contributed by atoms with van der Waals surface area (Å²) in [5.41, 5.74) is 14.6. The van der Waals surface area contributed by atoms with Gasteiger partial charge in [0.2, 0.25) is 0 Å². The summed E-state index contributed by atoms with van der Waals surface area (Å²) in [6.07, 6.45) is 5.13. The van der Waals surface area contributed by atoms with Crippen LogP contribution in [0.5, 0.6) is 0 Å². The Morgan fingerprint density at radius 2 is 2.29 bits per heavy atom. The van der Waals surface area contributed by atoms with Crippen LogP contribution in [0.15, 0.2) is 12.4 Å². The molecule has 1 aromatic rings. The summed E-state index contributed by atoms with van der Waals surface area (Å²) in [7, 11) is 0. The van der Waals surface area contributed by atoms with Gasteiger partial charge in [-0.25, -0.2) is 4.98 Å². The van der Waals surface area contributed by atoms with Gasteiger partial charge >= 0.3 is 0 Å². The zero-order valence-corrected chi connectivity index (χ0v) is 7.86. The number of imidazole rings is 1. The first-order chi connectivity index (χ1) is 6.52. The molecule has 1 amide bonds. The normalized spacial score (nSPS) is 11.6. The van der Waals surface area contributed by atoms with E-state index < -0.39 is 11.6 Å². The SMILES string of the molecule is NC(=O)C(N)(N)CCCc1ncc[nH]1. The van der Waals surface area contributed by atoms with Crippen LogP contribution in [0.3, 0.4) is 0 Å². The molecule has 0 saturated heterocycles. The van der Waals surface area contributed by atoms with Crippen molar-refractivity contribution >= 4 is 5.91 Å². The number of primary amides is 1. The van der Waals surface area contributed by atoms with Crippen LogP contribution in [-0.2, 0) is 11.2 Å². The number of rotatable bonds is 5. The molecule has 6 heteroatoms. The second kappa shape index (κ2) is 4.21. The predicted molar refractivity (Wildman–Crippen MR) is 51.8 cm³/mol. The van der Waals surface area contributed by atoms with Gasteiger partial charge in [-0.15, -0.1) is 0 Å². The Labute approximate surface area is 81.9 Å². The fourth-order valence-electron chi connectivity index (χ4n) is 1.11. The van der Waals surface area contributed by atoms with E-state index in [0.29, 0.717) is 19.3 Å². The molecule has 0 bridgehead atoms. The van der Waals surface area contributed by atoms with Crippen molar-refractivity contribution in [2.24, 2.45) is 17.2 Å². The van der Waals surface area contributed by atoms with Gasteiger partial charge in [0.1, 0.15) is 11.5 Å². The highest BCUT2D eigenvalue weighted by Gasteiger charge is 2.25. The predicted octanol–water partition coefficient (Wildman–Crippen LogP) is -1.17. The van der Waals surface area contributed by atoms with E-state index in [1.807, 2.05) is 0 Å². The molecule has 1 aromatic heterocycles. The van der Waals surface area contributed by atoms with Crippen molar-refractivity contribution in [2.45, 2.75) is 24.9 Å². The number of nitrogens with two attached hydrogens (primary N) is 3. The Balaban J connectivity index is 2.31. The van der Waals surface area contributed by atoms with Crippen molar-refractivity contribution in [1.82, 2.24) is 9.97 Å². The van der Waals surface area contributed by atoms with E-state index in [9.17, 15) is 4.79 Å². The Morgan fingerprint density at radius 3 is 2.79 bits per heavy atom. The minimum atomic E-state index is -1.41. The molecule has 6 nitrogen and oxygen atoms in total. The summed E-state index contributed by atoms with van der Waals surface area (Å²) in [6.45, 7) is 0. The molecule has 0 radical (unpaired) electrons. The van der Waals surface area contributed by atoms with Crippen molar-refractivity contribution in [2.75, 3.05) is 0 Å². The standard InChI is InChI=1S/C8H15N5O/c9-7(14)8(10,11)3-1-2-6-12-4-5-13-6/h4-5H,1-3,10-11H2,(H2,9,14)(H,12,13). The van der Waals surface area contributed by atoms with Gasteiger partial charge in [-0.05, 0) is 12.8 Å². The Kier molecular flexibility index (Phi) is 3.21. The first-order valence-electron chi connectivity index (χ1n) is 4.38. The third kappa shape index (κ3) is 2.82.